The van der Waals surface area contributed by atoms with Gasteiger partial charge < -0.3 is 5.32 Å². The fraction of sp³-hybridized carbons (Fsp3) is 0.263. The summed E-state index contributed by atoms with van der Waals surface area (Å²) in [6, 6.07) is 11.6. The fourth-order valence-corrected chi connectivity index (χ4v) is 4.37. The van der Waals surface area contributed by atoms with Crippen LogP contribution in [0.4, 0.5) is 4.79 Å². The highest BCUT2D eigenvalue weighted by Gasteiger charge is 2.20. The Labute approximate surface area is 165 Å². The average Bonchev–Trinajstić information content (AvgIpc) is 3.07. The van der Waals surface area contributed by atoms with E-state index < -0.39 is 11.3 Å². The minimum Gasteiger partial charge on any atom is -0.336 e. The fourth-order valence-electron chi connectivity index (χ4n) is 2.41. The predicted molar refractivity (Wildman–Crippen MR) is 110 cm³/mol. The number of aromatic nitrogens is 2. The first-order valence-electron chi connectivity index (χ1n) is 8.52. The number of carbonyl (C=O) groups is 2. The summed E-state index contributed by atoms with van der Waals surface area (Å²) in [5.74, 6) is -0.358. The molecule has 1 atom stereocenters. The molecule has 0 spiro atoms. The standard InChI is InChI=1S/C19H20N4O2S2/c1-11(2)22-19(25)23-16(24)12(3)26-17-14-9-15(13-7-5-4-6-8-13)27-18(14)21-10-20-17/h4-12H,1-3H3,(H2,22,23,24,25)/t12-/m1/s1. The van der Waals surface area contributed by atoms with E-state index in [9.17, 15) is 9.59 Å². The van der Waals surface area contributed by atoms with E-state index in [0.29, 0.717) is 0 Å². The zero-order valence-electron chi connectivity index (χ0n) is 15.2. The molecule has 2 heterocycles. The quantitative estimate of drug-likeness (QED) is 0.498. The van der Waals surface area contributed by atoms with Gasteiger partial charge in [-0.05, 0) is 32.4 Å². The lowest BCUT2D eigenvalue weighted by Crippen LogP contribution is -2.45. The summed E-state index contributed by atoms with van der Waals surface area (Å²) >= 11 is 2.90. The number of imide groups is 1. The van der Waals surface area contributed by atoms with Crippen LogP contribution in [0, 0.1) is 0 Å². The number of hydrogen-bond donors (Lipinski definition) is 2. The highest BCUT2D eigenvalue weighted by molar-refractivity contribution is 8.00. The van der Waals surface area contributed by atoms with E-state index in [2.05, 4.69) is 20.6 Å². The van der Waals surface area contributed by atoms with E-state index >= 15 is 0 Å². The van der Waals surface area contributed by atoms with Crippen molar-refractivity contribution in [3.8, 4) is 10.4 Å². The van der Waals surface area contributed by atoms with Crippen LogP contribution in [0.25, 0.3) is 20.7 Å². The van der Waals surface area contributed by atoms with Crippen LogP contribution in [0.1, 0.15) is 20.8 Å². The first-order chi connectivity index (χ1) is 12.9. The summed E-state index contributed by atoms with van der Waals surface area (Å²) in [5, 5.41) is 6.17. The van der Waals surface area contributed by atoms with Crippen molar-refractivity contribution < 1.29 is 9.59 Å². The van der Waals surface area contributed by atoms with Crippen molar-refractivity contribution in [2.45, 2.75) is 37.1 Å². The number of nitrogens with one attached hydrogen (secondary N) is 2. The summed E-state index contributed by atoms with van der Waals surface area (Å²) in [4.78, 5) is 34.6. The second-order valence-electron chi connectivity index (χ2n) is 6.25. The van der Waals surface area contributed by atoms with Crippen molar-refractivity contribution in [2.24, 2.45) is 0 Å². The smallest absolute Gasteiger partial charge is 0.321 e. The van der Waals surface area contributed by atoms with Crippen molar-refractivity contribution in [1.29, 1.82) is 0 Å². The molecule has 0 saturated heterocycles. The summed E-state index contributed by atoms with van der Waals surface area (Å²) < 4.78 is 0. The Kier molecular flexibility index (Phi) is 6.08. The summed E-state index contributed by atoms with van der Waals surface area (Å²) in [7, 11) is 0. The number of rotatable bonds is 5. The molecule has 27 heavy (non-hydrogen) atoms. The minimum absolute atomic E-state index is 0.0375. The molecule has 0 unspecified atom stereocenters. The van der Waals surface area contributed by atoms with Crippen molar-refractivity contribution in [2.75, 3.05) is 0 Å². The molecule has 0 bridgehead atoms. The molecule has 3 rings (SSSR count). The van der Waals surface area contributed by atoms with Crippen LogP contribution >= 0.6 is 23.1 Å². The Morgan fingerprint density at radius 2 is 1.85 bits per heavy atom. The highest BCUT2D eigenvalue weighted by atomic mass is 32.2. The number of amides is 3. The summed E-state index contributed by atoms with van der Waals surface area (Å²) in [5.41, 5.74) is 1.12. The molecule has 0 aliphatic carbocycles. The first-order valence-corrected chi connectivity index (χ1v) is 10.2. The molecule has 3 amide bonds. The second kappa shape index (κ2) is 8.49. The van der Waals surface area contributed by atoms with Gasteiger partial charge >= 0.3 is 6.03 Å². The third-order valence-electron chi connectivity index (χ3n) is 3.67. The predicted octanol–water partition coefficient (Wildman–Crippen LogP) is 4.07. The van der Waals surface area contributed by atoms with Gasteiger partial charge in [-0.25, -0.2) is 14.8 Å². The Hall–Kier alpha value is -2.45. The lowest BCUT2D eigenvalue weighted by Gasteiger charge is -2.13. The first kappa shape index (κ1) is 19.3. The number of thiophene rings is 1. The molecule has 0 aliphatic rings. The molecule has 0 radical (unpaired) electrons. The monoisotopic (exact) mass is 400 g/mol. The van der Waals surface area contributed by atoms with Gasteiger partial charge in [0.2, 0.25) is 5.91 Å². The van der Waals surface area contributed by atoms with Crippen molar-refractivity contribution in [3.63, 3.8) is 0 Å². The van der Waals surface area contributed by atoms with E-state index in [1.54, 1.807) is 18.3 Å². The maximum Gasteiger partial charge on any atom is 0.321 e. The van der Waals surface area contributed by atoms with Crippen LogP contribution in [0.2, 0.25) is 0 Å². The molecule has 2 aromatic heterocycles. The molecular formula is C19H20N4O2S2. The third kappa shape index (κ3) is 4.84. The van der Waals surface area contributed by atoms with E-state index in [1.807, 2.05) is 50.2 Å². The van der Waals surface area contributed by atoms with Crippen molar-refractivity contribution >= 4 is 45.3 Å². The van der Waals surface area contributed by atoms with Crippen LogP contribution in [-0.4, -0.2) is 33.2 Å². The van der Waals surface area contributed by atoms with Crippen LogP contribution in [0.5, 0.6) is 0 Å². The van der Waals surface area contributed by atoms with E-state index in [1.165, 1.54) is 18.1 Å². The number of thioether (sulfide) groups is 1. The van der Waals surface area contributed by atoms with Crippen molar-refractivity contribution in [3.05, 3.63) is 42.7 Å². The van der Waals surface area contributed by atoms with Gasteiger partial charge in [0.1, 0.15) is 16.2 Å². The molecule has 8 heteroatoms. The normalized spacial score (nSPS) is 12.1. The van der Waals surface area contributed by atoms with E-state index in [0.717, 1.165) is 25.7 Å². The topological polar surface area (TPSA) is 84.0 Å². The van der Waals surface area contributed by atoms with Gasteiger partial charge in [-0.2, -0.15) is 0 Å². The third-order valence-corrected chi connectivity index (χ3v) is 5.87. The second-order valence-corrected chi connectivity index (χ2v) is 8.61. The largest absolute Gasteiger partial charge is 0.336 e. The maximum atomic E-state index is 12.3. The molecule has 3 aromatic rings. The van der Waals surface area contributed by atoms with Gasteiger partial charge in [-0.15, -0.1) is 11.3 Å². The number of carbonyl (C=O) groups excluding carboxylic acids is 2. The van der Waals surface area contributed by atoms with Crippen LogP contribution in [-0.2, 0) is 4.79 Å². The van der Waals surface area contributed by atoms with Crippen LogP contribution in [0.3, 0.4) is 0 Å². The number of urea groups is 1. The van der Waals surface area contributed by atoms with E-state index in [4.69, 9.17) is 0 Å². The van der Waals surface area contributed by atoms with Gasteiger partial charge in [-0.3, -0.25) is 10.1 Å². The Balaban J connectivity index is 1.77. The van der Waals surface area contributed by atoms with Crippen molar-refractivity contribution in [1.82, 2.24) is 20.6 Å². The SMILES string of the molecule is CC(C)NC(=O)NC(=O)[C@@H](C)Sc1ncnc2sc(-c3ccccc3)cc12. The van der Waals surface area contributed by atoms with Gasteiger partial charge in [0.15, 0.2) is 0 Å². The van der Waals surface area contributed by atoms with Gasteiger partial charge in [-0.1, -0.05) is 42.1 Å². The number of benzene rings is 1. The highest BCUT2D eigenvalue weighted by Crippen LogP contribution is 2.37. The Bertz CT molecular complexity index is 957. The number of hydrogen-bond acceptors (Lipinski definition) is 6. The Morgan fingerprint density at radius 3 is 2.56 bits per heavy atom. The number of nitrogens with zero attached hydrogens (tertiary/aromatic N) is 2. The molecule has 6 nitrogen and oxygen atoms in total. The molecular weight excluding hydrogens is 380 g/mol. The minimum atomic E-state index is -0.489. The van der Waals surface area contributed by atoms with Crippen LogP contribution in [0.15, 0.2) is 47.8 Å². The molecule has 1 aromatic carbocycles. The number of fused-ring (bicyclic) bond motifs is 1. The van der Waals surface area contributed by atoms with Gasteiger partial charge in [0.05, 0.1) is 5.25 Å². The van der Waals surface area contributed by atoms with E-state index in [-0.39, 0.29) is 11.9 Å². The maximum absolute atomic E-state index is 12.3. The molecule has 140 valence electrons. The van der Waals surface area contributed by atoms with Gasteiger partial charge in [0.25, 0.3) is 0 Å². The zero-order chi connectivity index (χ0) is 19.4. The summed E-state index contributed by atoms with van der Waals surface area (Å²) in [6.07, 6.45) is 1.51. The molecule has 2 N–H and O–H groups in total. The summed E-state index contributed by atoms with van der Waals surface area (Å²) in [6.45, 7) is 5.42. The zero-order valence-corrected chi connectivity index (χ0v) is 16.9. The molecule has 0 aliphatic heterocycles. The van der Waals surface area contributed by atoms with Gasteiger partial charge in [0, 0.05) is 16.3 Å². The molecule has 0 saturated carbocycles. The Morgan fingerprint density at radius 1 is 1.11 bits per heavy atom. The lowest BCUT2D eigenvalue weighted by atomic mass is 10.2. The van der Waals surface area contributed by atoms with Crippen LogP contribution < -0.4 is 10.6 Å². The molecule has 0 fully saturated rings. The lowest BCUT2D eigenvalue weighted by molar-refractivity contribution is -0.119. The average molecular weight is 401 g/mol.